The van der Waals surface area contributed by atoms with E-state index in [2.05, 4.69) is 10.3 Å². The average molecular weight is 358 g/mol. The van der Waals surface area contributed by atoms with Crippen molar-refractivity contribution in [3.05, 3.63) is 52.3 Å². The first-order valence-electron chi connectivity index (χ1n) is 8.24. The highest BCUT2D eigenvalue weighted by Gasteiger charge is 2.24. The second-order valence-electron chi connectivity index (χ2n) is 5.64. The summed E-state index contributed by atoms with van der Waals surface area (Å²) in [4.78, 5) is 39.5. The Balaban J connectivity index is 2.13. The van der Waals surface area contributed by atoms with Crippen molar-refractivity contribution in [3.8, 4) is 0 Å². The Hall–Kier alpha value is -3.09. The number of carbonyl (C=O) groups is 3. The molecule has 2 rings (SSSR count). The molecule has 1 heterocycles. The average Bonchev–Trinajstić information content (AvgIpc) is 2.94. The molecule has 2 N–H and O–H groups in total. The molecule has 0 fully saturated rings. The fourth-order valence-electron chi connectivity index (χ4n) is 2.74. The molecule has 1 aromatic carbocycles. The Morgan fingerprint density at radius 2 is 1.77 bits per heavy atom. The molecular formula is C19H22N2O5. The predicted octanol–water partition coefficient (Wildman–Crippen LogP) is 2.89. The van der Waals surface area contributed by atoms with Crippen molar-refractivity contribution >= 4 is 23.4 Å². The number of rotatable bonds is 7. The van der Waals surface area contributed by atoms with Gasteiger partial charge < -0.3 is 19.8 Å². The van der Waals surface area contributed by atoms with Gasteiger partial charge in [0.1, 0.15) is 5.69 Å². The van der Waals surface area contributed by atoms with Gasteiger partial charge in [-0.15, -0.1) is 0 Å². The Kier molecular flexibility index (Phi) is 6.16. The Morgan fingerprint density at radius 1 is 1.08 bits per heavy atom. The normalized spacial score (nSPS) is 10.3. The summed E-state index contributed by atoms with van der Waals surface area (Å²) >= 11 is 0. The lowest BCUT2D eigenvalue weighted by Gasteiger charge is -2.09. The summed E-state index contributed by atoms with van der Waals surface area (Å²) in [5.41, 5.74) is 2.54. The highest BCUT2D eigenvalue weighted by molar-refractivity contribution is 6.04. The quantitative estimate of drug-likeness (QED) is 0.583. The third-order valence-corrected chi connectivity index (χ3v) is 3.95. The van der Waals surface area contributed by atoms with Crippen molar-refractivity contribution in [1.29, 1.82) is 0 Å². The number of hydrogen-bond donors (Lipinski definition) is 2. The topological polar surface area (TPSA) is 97.5 Å². The molecule has 0 atom stereocenters. The molecule has 0 unspecified atom stereocenters. The van der Waals surface area contributed by atoms with Crippen LogP contribution in [0.2, 0.25) is 0 Å². The molecule has 26 heavy (non-hydrogen) atoms. The Morgan fingerprint density at radius 3 is 2.42 bits per heavy atom. The first-order valence-corrected chi connectivity index (χ1v) is 8.24. The number of aromatic amines is 1. The second kappa shape index (κ2) is 8.33. The number of nitrogens with one attached hydrogen (secondary N) is 2. The number of aryl methyl sites for hydroxylation is 1. The zero-order valence-corrected chi connectivity index (χ0v) is 15.3. The predicted molar refractivity (Wildman–Crippen MR) is 96.8 cm³/mol. The Bertz CT molecular complexity index is 838. The third kappa shape index (κ3) is 3.93. The number of Topliss-reactive ketones (excluding diaryl/α,β-unsaturated/α-hetero) is 1. The van der Waals surface area contributed by atoms with E-state index >= 15 is 0 Å². The molecule has 7 heteroatoms. The number of benzene rings is 1. The molecule has 0 aliphatic carbocycles. The van der Waals surface area contributed by atoms with Crippen LogP contribution in [0.25, 0.3) is 0 Å². The number of para-hydroxylation sites is 1. The van der Waals surface area contributed by atoms with Crippen molar-refractivity contribution in [2.45, 2.75) is 20.8 Å². The minimum absolute atomic E-state index is 0.236. The van der Waals surface area contributed by atoms with Crippen LogP contribution in [0, 0.1) is 13.8 Å². The largest absolute Gasteiger partial charge is 0.461 e. The van der Waals surface area contributed by atoms with Gasteiger partial charge >= 0.3 is 11.9 Å². The Labute approximate surface area is 151 Å². The van der Waals surface area contributed by atoms with Crippen molar-refractivity contribution in [1.82, 2.24) is 4.98 Å². The number of hydrogen-bond acceptors (Lipinski definition) is 6. The molecule has 0 spiro atoms. The van der Waals surface area contributed by atoms with E-state index in [0.717, 1.165) is 0 Å². The van der Waals surface area contributed by atoms with Gasteiger partial charge in [0, 0.05) is 24.0 Å². The van der Waals surface area contributed by atoms with Gasteiger partial charge in [-0.3, -0.25) is 4.79 Å². The molecule has 0 bridgehead atoms. The molecule has 0 amide bonds. The van der Waals surface area contributed by atoms with Crippen molar-refractivity contribution < 1.29 is 23.9 Å². The number of ketones is 1. The van der Waals surface area contributed by atoms with Gasteiger partial charge in [0.2, 0.25) is 5.78 Å². The van der Waals surface area contributed by atoms with E-state index in [-0.39, 0.29) is 18.1 Å². The fraction of sp³-hybridized carbons (Fsp3) is 0.316. The minimum Gasteiger partial charge on any atom is -0.461 e. The lowest BCUT2D eigenvalue weighted by molar-refractivity contribution is 0.0474. The van der Waals surface area contributed by atoms with Gasteiger partial charge in [0.05, 0.1) is 12.2 Å². The maximum Gasteiger partial charge on any atom is 0.355 e. The van der Waals surface area contributed by atoms with Crippen LogP contribution in [-0.2, 0) is 9.47 Å². The molecule has 0 saturated heterocycles. The van der Waals surface area contributed by atoms with Crippen LogP contribution >= 0.6 is 0 Å². The molecule has 1 aromatic heterocycles. The van der Waals surface area contributed by atoms with Crippen molar-refractivity contribution in [2.24, 2.45) is 0 Å². The molecule has 0 saturated carbocycles. The molecule has 0 aliphatic heterocycles. The minimum atomic E-state index is -0.597. The molecule has 0 aliphatic rings. The van der Waals surface area contributed by atoms with E-state index < -0.39 is 18.5 Å². The number of carbonyl (C=O) groups excluding carboxylic acids is 3. The van der Waals surface area contributed by atoms with E-state index in [9.17, 15) is 14.4 Å². The maximum absolute atomic E-state index is 12.5. The van der Waals surface area contributed by atoms with Crippen molar-refractivity contribution in [2.75, 3.05) is 25.6 Å². The van der Waals surface area contributed by atoms with Gasteiger partial charge in [-0.25, -0.2) is 9.59 Å². The summed E-state index contributed by atoms with van der Waals surface area (Å²) in [5.74, 6) is -1.51. The summed E-state index contributed by atoms with van der Waals surface area (Å²) in [5, 5.41) is 2.90. The lowest BCUT2D eigenvalue weighted by atomic mass is 10.1. The second-order valence-corrected chi connectivity index (χ2v) is 5.64. The molecule has 0 radical (unpaired) electrons. The molecular weight excluding hydrogens is 336 g/mol. The summed E-state index contributed by atoms with van der Waals surface area (Å²) in [6.07, 6.45) is 0. The van der Waals surface area contributed by atoms with Gasteiger partial charge in [0.15, 0.2) is 6.61 Å². The van der Waals surface area contributed by atoms with Crippen LogP contribution in [0.4, 0.5) is 5.69 Å². The lowest BCUT2D eigenvalue weighted by Crippen LogP contribution is -2.16. The van der Waals surface area contributed by atoms with E-state index in [1.807, 2.05) is 0 Å². The summed E-state index contributed by atoms with van der Waals surface area (Å²) in [7, 11) is 1.70. The van der Waals surface area contributed by atoms with E-state index in [4.69, 9.17) is 9.47 Å². The molecule has 138 valence electrons. The van der Waals surface area contributed by atoms with Crippen molar-refractivity contribution in [3.63, 3.8) is 0 Å². The smallest absolute Gasteiger partial charge is 0.355 e. The zero-order valence-electron chi connectivity index (χ0n) is 15.3. The highest BCUT2D eigenvalue weighted by Crippen LogP contribution is 2.20. The van der Waals surface area contributed by atoms with Gasteiger partial charge in [0.25, 0.3) is 0 Å². The van der Waals surface area contributed by atoms with E-state index in [0.29, 0.717) is 28.1 Å². The molecule has 7 nitrogen and oxygen atoms in total. The summed E-state index contributed by atoms with van der Waals surface area (Å²) < 4.78 is 10.1. The van der Waals surface area contributed by atoms with Crippen LogP contribution in [0.5, 0.6) is 0 Å². The number of ether oxygens (including phenoxy) is 2. The van der Waals surface area contributed by atoms with Crippen LogP contribution < -0.4 is 5.32 Å². The zero-order chi connectivity index (χ0) is 19.3. The van der Waals surface area contributed by atoms with Crippen LogP contribution in [-0.4, -0.2) is 43.0 Å². The summed E-state index contributed by atoms with van der Waals surface area (Å²) in [6.45, 7) is 4.86. The summed E-state index contributed by atoms with van der Waals surface area (Å²) in [6, 6.07) is 6.86. The third-order valence-electron chi connectivity index (χ3n) is 3.95. The van der Waals surface area contributed by atoms with Crippen LogP contribution in [0.15, 0.2) is 24.3 Å². The highest BCUT2D eigenvalue weighted by atomic mass is 16.5. The number of anilines is 1. The fourth-order valence-corrected chi connectivity index (χ4v) is 2.74. The standard InChI is InChI=1S/C19H22N2O5/c1-5-25-19(24)17-11(2)16(12(3)21-17)15(22)10-26-18(23)13-8-6-7-9-14(13)20-4/h6-9,20-21H,5,10H2,1-4H3. The first-order chi connectivity index (χ1) is 12.4. The number of H-pyrrole nitrogens is 1. The van der Waals surface area contributed by atoms with E-state index in [1.165, 1.54) is 0 Å². The first kappa shape index (κ1) is 19.2. The van der Waals surface area contributed by atoms with Gasteiger partial charge in [-0.2, -0.15) is 0 Å². The maximum atomic E-state index is 12.5. The van der Waals surface area contributed by atoms with Gasteiger partial charge in [-0.1, -0.05) is 12.1 Å². The van der Waals surface area contributed by atoms with E-state index in [1.54, 1.807) is 52.1 Å². The monoisotopic (exact) mass is 358 g/mol. The van der Waals surface area contributed by atoms with Gasteiger partial charge in [-0.05, 0) is 38.5 Å². The van der Waals surface area contributed by atoms with Crippen LogP contribution in [0.1, 0.15) is 49.4 Å². The SMILES string of the molecule is CCOC(=O)c1[nH]c(C)c(C(=O)COC(=O)c2ccccc2NC)c1C. The number of esters is 2. The van der Waals surface area contributed by atoms with Crippen LogP contribution in [0.3, 0.4) is 0 Å². The molecule has 2 aromatic rings. The number of aromatic nitrogens is 1.